The van der Waals surface area contributed by atoms with Crippen LogP contribution in [0.5, 0.6) is 0 Å². The van der Waals surface area contributed by atoms with Crippen LogP contribution in [0.3, 0.4) is 0 Å². The first-order valence-corrected chi connectivity index (χ1v) is 7.49. The molecule has 2 aromatic carbocycles. The van der Waals surface area contributed by atoms with Gasteiger partial charge in [0.2, 0.25) is 0 Å². The zero-order valence-corrected chi connectivity index (χ0v) is 13.0. The van der Waals surface area contributed by atoms with E-state index in [1.165, 1.54) is 30.3 Å². The molecule has 126 valence electrons. The summed E-state index contributed by atoms with van der Waals surface area (Å²) >= 11 is 0. The van der Waals surface area contributed by atoms with Crippen molar-refractivity contribution in [3.63, 3.8) is 0 Å². The molecule has 7 heteroatoms. The minimum Gasteiger partial charge on any atom is -0.365 e. The lowest BCUT2D eigenvalue weighted by Gasteiger charge is -2.07. The van der Waals surface area contributed by atoms with Gasteiger partial charge in [-0.2, -0.15) is 0 Å². The first-order valence-electron chi connectivity index (χ1n) is 7.49. The predicted octanol–water partition coefficient (Wildman–Crippen LogP) is 3.62. The summed E-state index contributed by atoms with van der Waals surface area (Å²) in [5.74, 6) is -0.489. The van der Waals surface area contributed by atoms with E-state index in [-0.39, 0.29) is 17.2 Å². The number of carbonyl (C=O) groups excluding carboxylic acids is 1. The highest BCUT2D eigenvalue weighted by Crippen LogP contribution is 2.11. The van der Waals surface area contributed by atoms with Gasteiger partial charge in [0.05, 0.1) is 0 Å². The van der Waals surface area contributed by atoms with Gasteiger partial charge in [-0.15, -0.1) is 10.2 Å². The third kappa shape index (κ3) is 4.57. The lowest BCUT2D eigenvalue weighted by molar-refractivity contribution is 0.102. The van der Waals surface area contributed by atoms with E-state index >= 15 is 0 Å². The second kappa shape index (κ2) is 7.48. The molecule has 0 fully saturated rings. The number of aromatic nitrogens is 2. The highest BCUT2D eigenvalue weighted by molar-refractivity contribution is 6.03. The van der Waals surface area contributed by atoms with Crippen molar-refractivity contribution < 1.29 is 13.6 Å². The number of anilines is 2. The Labute approximate surface area is 142 Å². The Hall–Kier alpha value is -3.35. The molecular weight excluding hydrogens is 326 g/mol. The first kappa shape index (κ1) is 16.5. The Kier molecular flexibility index (Phi) is 4.94. The number of hydrogen-bond donors (Lipinski definition) is 2. The lowest BCUT2D eigenvalue weighted by atomic mass is 10.2. The Bertz CT molecular complexity index is 867. The summed E-state index contributed by atoms with van der Waals surface area (Å²) in [7, 11) is 0. The fourth-order valence-electron chi connectivity index (χ4n) is 2.11. The molecule has 3 aromatic rings. The van der Waals surface area contributed by atoms with Gasteiger partial charge in [-0.05, 0) is 48.0 Å². The number of hydrogen-bond acceptors (Lipinski definition) is 4. The van der Waals surface area contributed by atoms with Crippen LogP contribution in [0, 0.1) is 11.6 Å². The van der Waals surface area contributed by atoms with Crippen molar-refractivity contribution in [2.45, 2.75) is 6.54 Å². The van der Waals surface area contributed by atoms with Crippen molar-refractivity contribution in [2.75, 3.05) is 10.6 Å². The van der Waals surface area contributed by atoms with Crippen LogP contribution < -0.4 is 10.6 Å². The van der Waals surface area contributed by atoms with Gasteiger partial charge in [-0.1, -0.05) is 18.2 Å². The molecule has 0 atom stereocenters. The molecule has 0 aliphatic carbocycles. The Balaban J connectivity index is 1.58. The fraction of sp³-hybridized carbons (Fsp3) is 0.0556. The van der Waals surface area contributed by atoms with E-state index in [1.807, 2.05) is 0 Å². The first-order chi connectivity index (χ1) is 12.1. The maximum Gasteiger partial charge on any atom is 0.256 e. The highest BCUT2D eigenvalue weighted by atomic mass is 19.1. The largest absolute Gasteiger partial charge is 0.365 e. The van der Waals surface area contributed by atoms with Gasteiger partial charge in [0.25, 0.3) is 5.91 Å². The van der Waals surface area contributed by atoms with E-state index in [0.29, 0.717) is 12.4 Å². The topological polar surface area (TPSA) is 66.9 Å². The smallest absolute Gasteiger partial charge is 0.256 e. The monoisotopic (exact) mass is 340 g/mol. The molecular formula is C18H14F2N4O. The summed E-state index contributed by atoms with van der Waals surface area (Å²) in [5.41, 5.74) is 1.09. The van der Waals surface area contributed by atoms with E-state index < -0.39 is 11.7 Å². The maximum atomic E-state index is 13.1. The lowest BCUT2D eigenvalue weighted by Crippen LogP contribution is -2.14. The molecule has 3 rings (SSSR count). The third-order valence-electron chi connectivity index (χ3n) is 3.38. The van der Waals surface area contributed by atoms with Gasteiger partial charge in [0.15, 0.2) is 5.82 Å². The van der Waals surface area contributed by atoms with Gasteiger partial charge in [-0.25, -0.2) is 8.78 Å². The predicted molar refractivity (Wildman–Crippen MR) is 90.1 cm³/mol. The van der Waals surface area contributed by atoms with Gasteiger partial charge in [-0.3, -0.25) is 4.79 Å². The van der Waals surface area contributed by atoms with Gasteiger partial charge in [0, 0.05) is 12.1 Å². The molecule has 0 aliphatic heterocycles. The number of halogens is 2. The van der Waals surface area contributed by atoms with E-state index in [1.54, 1.807) is 24.3 Å². The van der Waals surface area contributed by atoms with Crippen molar-refractivity contribution in [2.24, 2.45) is 0 Å². The van der Waals surface area contributed by atoms with Crippen LogP contribution in [0.25, 0.3) is 0 Å². The molecule has 0 radical (unpaired) electrons. The minimum absolute atomic E-state index is 0.195. The molecule has 2 N–H and O–H groups in total. The molecule has 5 nitrogen and oxygen atoms in total. The fourth-order valence-corrected chi connectivity index (χ4v) is 2.11. The molecule has 0 aliphatic rings. The zero-order chi connectivity index (χ0) is 17.6. The van der Waals surface area contributed by atoms with E-state index in [2.05, 4.69) is 20.8 Å². The number of carbonyl (C=O) groups is 1. The second-order valence-electron chi connectivity index (χ2n) is 5.25. The quantitative estimate of drug-likeness (QED) is 0.744. The molecule has 0 saturated heterocycles. The Morgan fingerprint density at radius 1 is 0.880 bits per heavy atom. The molecule has 0 unspecified atom stereocenters. The minimum atomic E-state index is -0.487. The summed E-state index contributed by atoms with van der Waals surface area (Å²) in [4.78, 5) is 12.0. The molecule has 1 amide bonds. The maximum absolute atomic E-state index is 13.1. The Morgan fingerprint density at radius 2 is 1.60 bits per heavy atom. The number of rotatable bonds is 5. The number of nitrogens with one attached hydrogen (secondary N) is 2. The summed E-state index contributed by atoms with van der Waals surface area (Å²) in [5, 5.41) is 13.4. The van der Waals surface area contributed by atoms with Crippen LogP contribution in [0.2, 0.25) is 0 Å². The summed E-state index contributed by atoms with van der Waals surface area (Å²) < 4.78 is 26.0. The summed E-state index contributed by atoms with van der Waals surface area (Å²) in [6, 6.07) is 14.7. The van der Waals surface area contributed by atoms with Gasteiger partial charge < -0.3 is 10.6 Å². The molecule has 1 aromatic heterocycles. The normalized spacial score (nSPS) is 10.3. The van der Waals surface area contributed by atoms with Gasteiger partial charge >= 0.3 is 0 Å². The zero-order valence-electron chi connectivity index (χ0n) is 13.0. The van der Waals surface area contributed by atoms with Crippen LogP contribution in [0.15, 0.2) is 60.7 Å². The number of amides is 1. The highest BCUT2D eigenvalue weighted by Gasteiger charge is 2.08. The average Bonchev–Trinajstić information content (AvgIpc) is 2.62. The van der Waals surface area contributed by atoms with Crippen LogP contribution in [0.4, 0.5) is 20.4 Å². The van der Waals surface area contributed by atoms with Crippen LogP contribution in [-0.4, -0.2) is 16.1 Å². The molecule has 0 spiro atoms. The van der Waals surface area contributed by atoms with Crippen LogP contribution in [-0.2, 0) is 6.54 Å². The number of nitrogens with zero attached hydrogens (tertiary/aromatic N) is 2. The Morgan fingerprint density at radius 3 is 2.28 bits per heavy atom. The standard InChI is InChI=1S/C18H14F2N4O/c19-14-6-4-12(5-7-14)11-21-16-8-9-17(24-23-16)22-18(25)13-2-1-3-15(20)10-13/h1-10H,11H2,(H,21,23)(H,22,24,25). The second-order valence-corrected chi connectivity index (χ2v) is 5.25. The van der Waals surface area contributed by atoms with E-state index in [0.717, 1.165) is 11.6 Å². The van der Waals surface area contributed by atoms with Crippen LogP contribution in [0.1, 0.15) is 15.9 Å². The number of benzene rings is 2. The van der Waals surface area contributed by atoms with Crippen molar-refractivity contribution in [3.8, 4) is 0 Å². The van der Waals surface area contributed by atoms with Crippen molar-refractivity contribution in [1.82, 2.24) is 10.2 Å². The van der Waals surface area contributed by atoms with E-state index in [4.69, 9.17) is 0 Å². The molecule has 25 heavy (non-hydrogen) atoms. The van der Waals surface area contributed by atoms with E-state index in [9.17, 15) is 13.6 Å². The summed E-state index contributed by atoms with van der Waals surface area (Å²) in [6.45, 7) is 0.462. The molecule has 0 bridgehead atoms. The van der Waals surface area contributed by atoms with Crippen molar-refractivity contribution in [1.29, 1.82) is 0 Å². The molecule has 0 saturated carbocycles. The SMILES string of the molecule is O=C(Nc1ccc(NCc2ccc(F)cc2)nn1)c1cccc(F)c1. The summed E-state index contributed by atoms with van der Waals surface area (Å²) in [6.07, 6.45) is 0. The molecule has 1 heterocycles. The van der Waals surface area contributed by atoms with Crippen LogP contribution >= 0.6 is 0 Å². The van der Waals surface area contributed by atoms with Crippen molar-refractivity contribution in [3.05, 3.63) is 83.4 Å². The van der Waals surface area contributed by atoms with Crippen molar-refractivity contribution >= 4 is 17.5 Å². The third-order valence-corrected chi connectivity index (χ3v) is 3.38. The van der Waals surface area contributed by atoms with Gasteiger partial charge in [0.1, 0.15) is 17.5 Å². The average molecular weight is 340 g/mol.